The Labute approximate surface area is 167 Å². The van der Waals surface area contributed by atoms with Crippen molar-refractivity contribution in [3.63, 3.8) is 0 Å². The first-order valence-electron chi connectivity index (χ1n) is 8.86. The van der Waals surface area contributed by atoms with Gasteiger partial charge >= 0.3 is 6.03 Å². The number of carbonyl (C=O) groups is 2. The zero-order valence-corrected chi connectivity index (χ0v) is 15.7. The van der Waals surface area contributed by atoms with Crippen molar-refractivity contribution < 1.29 is 14.0 Å². The molecule has 0 radical (unpaired) electrons. The minimum atomic E-state index is -0.346. The Morgan fingerprint density at radius 1 is 0.964 bits per heavy atom. The Bertz CT molecular complexity index is 1000. The van der Waals surface area contributed by atoms with Crippen LogP contribution in [0.2, 0.25) is 5.02 Å². The minimum absolute atomic E-state index is 0.130. The van der Waals surface area contributed by atoms with Crippen LogP contribution >= 0.6 is 11.6 Å². The van der Waals surface area contributed by atoms with Gasteiger partial charge in [0.1, 0.15) is 0 Å². The molecule has 2 aromatic carbocycles. The normalized spacial score (nSPS) is 13.0. The first kappa shape index (κ1) is 18.1. The summed E-state index contributed by atoms with van der Waals surface area (Å²) in [6.07, 6.45) is 2.26. The van der Waals surface area contributed by atoms with Crippen molar-refractivity contribution in [2.75, 3.05) is 17.2 Å². The molecule has 3 aromatic rings. The highest BCUT2D eigenvalue weighted by Gasteiger charge is 2.23. The molecule has 6 nitrogen and oxygen atoms in total. The predicted molar refractivity (Wildman–Crippen MR) is 108 cm³/mol. The fraction of sp³-hybridized carbons (Fsp3) is 0.143. The lowest BCUT2D eigenvalue weighted by Crippen LogP contribution is -2.35. The number of urea groups is 1. The van der Waals surface area contributed by atoms with E-state index in [0.29, 0.717) is 35.2 Å². The number of hydrogen-bond acceptors (Lipinski definition) is 3. The number of hydrogen-bond donors (Lipinski definition) is 2. The number of nitrogens with zero attached hydrogens (tertiary/aromatic N) is 1. The summed E-state index contributed by atoms with van der Waals surface area (Å²) < 4.78 is 5.21. The lowest BCUT2D eigenvalue weighted by Gasteiger charge is -2.28. The van der Waals surface area contributed by atoms with Gasteiger partial charge in [-0.3, -0.25) is 4.79 Å². The molecular formula is C21H18ClN3O3. The number of furan rings is 1. The van der Waals surface area contributed by atoms with E-state index in [1.165, 1.54) is 11.8 Å². The summed E-state index contributed by atoms with van der Waals surface area (Å²) in [7, 11) is 0. The Kier molecular flexibility index (Phi) is 5.04. The van der Waals surface area contributed by atoms with Crippen molar-refractivity contribution in [1.82, 2.24) is 4.90 Å². The molecule has 0 saturated heterocycles. The van der Waals surface area contributed by atoms with E-state index in [2.05, 4.69) is 10.6 Å². The van der Waals surface area contributed by atoms with Gasteiger partial charge in [-0.25, -0.2) is 4.79 Å². The quantitative estimate of drug-likeness (QED) is 0.670. The zero-order valence-electron chi connectivity index (χ0n) is 14.9. The molecule has 0 spiro atoms. The fourth-order valence-electron chi connectivity index (χ4n) is 3.19. The van der Waals surface area contributed by atoms with E-state index in [0.717, 1.165) is 12.0 Å². The molecule has 2 heterocycles. The minimum Gasteiger partial charge on any atom is -0.459 e. The van der Waals surface area contributed by atoms with E-state index in [-0.39, 0.29) is 11.9 Å². The second-order valence-electron chi connectivity index (χ2n) is 6.52. The Hall–Kier alpha value is -3.25. The van der Waals surface area contributed by atoms with Gasteiger partial charge in [0.2, 0.25) is 0 Å². The molecule has 0 saturated carbocycles. The Morgan fingerprint density at radius 2 is 1.71 bits per heavy atom. The van der Waals surface area contributed by atoms with E-state index in [1.807, 2.05) is 18.2 Å². The third-order valence-electron chi connectivity index (χ3n) is 4.60. The maximum Gasteiger partial charge on any atom is 0.323 e. The number of fused-ring (bicyclic) bond motifs is 1. The number of amides is 3. The van der Waals surface area contributed by atoms with Crippen LogP contribution < -0.4 is 10.6 Å². The molecule has 142 valence electrons. The molecule has 1 aliphatic heterocycles. The van der Waals surface area contributed by atoms with Crippen molar-refractivity contribution in [2.24, 2.45) is 0 Å². The van der Waals surface area contributed by atoms with Gasteiger partial charge in [0, 0.05) is 29.5 Å². The number of nitrogens with one attached hydrogen (secondary N) is 2. The fourth-order valence-corrected chi connectivity index (χ4v) is 3.32. The van der Waals surface area contributed by atoms with Crippen LogP contribution in [-0.4, -0.2) is 23.4 Å². The maximum atomic E-state index is 12.5. The second-order valence-corrected chi connectivity index (χ2v) is 6.96. The SMILES string of the molecule is O=C(Nc1ccc(Cl)cc1)Nc1ccc2c(c1)CN(C(=O)c1ccco1)CC2. The number of carbonyl (C=O) groups excluding carboxylic acids is 2. The summed E-state index contributed by atoms with van der Waals surface area (Å²) in [6, 6.07) is 15.6. The van der Waals surface area contributed by atoms with Crippen LogP contribution in [0.3, 0.4) is 0 Å². The first-order valence-corrected chi connectivity index (χ1v) is 9.24. The van der Waals surface area contributed by atoms with E-state index < -0.39 is 0 Å². The van der Waals surface area contributed by atoms with E-state index in [9.17, 15) is 9.59 Å². The highest BCUT2D eigenvalue weighted by atomic mass is 35.5. The third-order valence-corrected chi connectivity index (χ3v) is 4.85. The van der Waals surface area contributed by atoms with Crippen molar-refractivity contribution in [3.05, 3.63) is 82.8 Å². The van der Waals surface area contributed by atoms with Crippen LogP contribution in [0.25, 0.3) is 0 Å². The molecule has 2 N–H and O–H groups in total. The van der Waals surface area contributed by atoms with Crippen LogP contribution in [0.5, 0.6) is 0 Å². The van der Waals surface area contributed by atoms with Gasteiger partial charge in [-0.15, -0.1) is 0 Å². The third kappa shape index (κ3) is 4.02. The lowest BCUT2D eigenvalue weighted by atomic mass is 9.99. The summed E-state index contributed by atoms with van der Waals surface area (Å²) in [5, 5.41) is 6.19. The molecule has 1 aliphatic rings. The predicted octanol–water partition coefficient (Wildman–Crippen LogP) is 4.78. The number of anilines is 2. The zero-order chi connectivity index (χ0) is 19.5. The molecule has 0 fully saturated rings. The van der Waals surface area contributed by atoms with Crippen molar-refractivity contribution >= 4 is 34.9 Å². The molecule has 0 bridgehead atoms. The molecule has 7 heteroatoms. The van der Waals surface area contributed by atoms with Gasteiger partial charge < -0.3 is 20.0 Å². The average Bonchev–Trinajstić information content (AvgIpc) is 3.23. The molecule has 3 amide bonds. The van der Waals surface area contributed by atoms with Crippen LogP contribution in [-0.2, 0) is 13.0 Å². The van der Waals surface area contributed by atoms with Gasteiger partial charge in [0.15, 0.2) is 5.76 Å². The van der Waals surface area contributed by atoms with E-state index in [4.69, 9.17) is 16.0 Å². The average molecular weight is 396 g/mol. The van der Waals surface area contributed by atoms with Gasteiger partial charge in [0.25, 0.3) is 5.91 Å². The van der Waals surface area contributed by atoms with Gasteiger partial charge in [-0.05, 0) is 66.1 Å². The Balaban J connectivity index is 1.43. The highest BCUT2D eigenvalue weighted by Crippen LogP contribution is 2.24. The van der Waals surface area contributed by atoms with Gasteiger partial charge in [-0.2, -0.15) is 0 Å². The van der Waals surface area contributed by atoms with E-state index >= 15 is 0 Å². The molecule has 0 unspecified atom stereocenters. The maximum absolute atomic E-state index is 12.5. The summed E-state index contributed by atoms with van der Waals surface area (Å²) in [5.41, 5.74) is 3.50. The standard InChI is InChI=1S/C21H18ClN3O3/c22-16-4-7-17(8-5-16)23-21(27)24-18-6-3-14-9-10-25(13-15(14)12-18)20(26)19-2-1-11-28-19/h1-8,11-12H,9-10,13H2,(H2,23,24,27). The van der Waals surface area contributed by atoms with Gasteiger partial charge in [0.05, 0.1) is 6.26 Å². The van der Waals surface area contributed by atoms with Crippen molar-refractivity contribution in [3.8, 4) is 0 Å². The van der Waals surface area contributed by atoms with Crippen molar-refractivity contribution in [1.29, 1.82) is 0 Å². The van der Waals surface area contributed by atoms with Crippen LogP contribution in [0.1, 0.15) is 21.7 Å². The van der Waals surface area contributed by atoms with Crippen molar-refractivity contribution in [2.45, 2.75) is 13.0 Å². The second kappa shape index (κ2) is 7.78. The largest absolute Gasteiger partial charge is 0.459 e. The highest BCUT2D eigenvalue weighted by molar-refractivity contribution is 6.30. The van der Waals surface area contributed by atoms with Crippen LogP contribution in [0, 0.1) is 0 Å². The van der Waals surface area contributed by atoms with Gasteiger partial charge in [-0.1, -0.05) is 17.7 Å². The molecule has 1 aromatic heterocycles. The monoisotopic (exact) mass is 395 g/mol. The lowest BCUT2D eigenvalue weighted by molar-refractivity contribution is 0.0702. The summed E-state index contributed by atoms with van der Waals surface area (Å²) >= 11 is 5.85. The topological polar surface area (TPSA) is 74.6 Å². The molecule has 4 rings (SSSR count). The summed E-state index contributed by atoms with van der Waals surface area (Å²) in [4.78, 5) is 26.5. The number of benzene rings is 2. The molecule has 0 atom stereocenters. The summed E-state index contributed by atoms with van der Waals surface area (Å²) in [6.45, 7) is 1.11. The van der Waals surface area contributed by atoms with E-state index in [1.54, 1.807) is 41.3 Å². The molecular weight excluding hydrogens is 378 g/mol. The first-order chi connectivity index (χ1) is 13.6. The number of halogens is 1. The Morgan fingerprint density at radius 3 is 2.46 bits per heavy atom. The number of rotatable bonds is 3. The van der Waals surface area contributed by atoms with Crippen LogP contribution in [0.15, 0.2) is 65.3 Å². The summed E-state index contributed by atoms with van der Waals surface area (Å²) in [5.74, 6) is 0.203. The van der Waals surface area contributed by atoms with Crippen LogP contribution in [0.4, 0.5) is 16.2 Å². The molecule has 0 aliphatic carbocycles. The molecule has 28 heavy (non-hydrogen) atoms. The smallest absolute Gasteiger partial charge is 0.323 e.